The standard InChI is InChI=1S/C19H23BrO5S/c1-4-23-16(19(21)24-5-2)10-13-6-8-14(9-7-13)25-12-17-15(22-3)11-18(20)26-17/h6-9,11,16H,4-5,10,12H2,1-3H3/t16-/m0/s1. The van der Waals surface area contributed by atoms with E-state index >= 15 is 0 Å². The van der Waals surface area contributed by atoms with E-state index < -0.39 is 6.10 Å². The molecule has 142 valence electrons. The van der Waals surface area contributed by atoms with Gasteiger partial charge in [-0.1, -0.05) is 12.1 Å². The van der Waals surface area contributed by atoms with Gasteiger partial charge in [-0.2, -0.15) is 0 Å². The summed E-state index contributed by atoms with van der Waals surface area (Å²) in [5, 5.41) is 0. The third-order valence-corrected chi connectivity index (χ3v) is 5.18. The van der Waals surface area contributed by atoms with Gasteiger partial charge in [0.25, 0.3) is 0 Å². The van der Waals surface area contributed by atoms with Crippen molar-refractivity contribution in [2.24, 2.45) is 0 Å². The first-order valence-corrected chi connectivity index (χ1v) is 10.0. The third kappa shape index (κ3) is 6.00. The van der Waals surface area contributed by atoms with Crippen molar-refractivity contribution in [1.29, 1.82) is 0 Å². The molecule has 0 aliphatic rings. The molecule has 0 amide bonds. The Morgan fingerprint density at radius 1 is 1.19 bits per heavy atom. The summed E-state index contributed by atoms with van der Waals surface area (Å²) in [5.41, 5.74) is 0.986. The van der Waals surface area contributed by atoms with Gasteiger partial charge in [-0.25, -0.2) is 4.79 Å². The number of rotatable bonds is 10. The molecule has 2 aromatic rings. The Balaban J connectivity index is 1.95. The number of carbonyl (C=O) groups excluding carboxylic acids is 1. The normalized spacial score (nSPS) is 11.8. The lowest BCUT2D eigenvalue weighted by atomic mass is 10.1. The number of thiophene rings is 1. The van der Waals surface area contributed by atoms with Crippen LogP contribution in [0.4, 0.5) is 0 Å². The molecule has 0 bridgehead atoms. The predicted molar refractivity (Wildman–Crippen MR) is 105 cm³/mol. The second-order valence-corrected chi connectivity index (χ2v) is 7.89. The molecule has 0 aliphatic heterocycles. The summed E-state index contributed by atoms with van der Waals surface area (Å²) >= 11 is 5.03. The van der Waals surface area contributed by atoms with Crippen molar-refractivity contribution in [3.05, 3.63) is 44.6 Å². The van der Waals surface area contributed by atoms with Crippen LogP contribution in [0.15, 0.2) is 34.1 Å². The molecule has 1 heterocycles. The van der Waals surface area contributed by atoms with Gasteiger partial charge in [0, 0.05) is 19.1 Å². The van der Waals surface area contributed by atoms with Crippen LogP contribution in [0.2, 0.25) is 0 Å². The van der Waals surface area contributed by atoms with Crippen molar-refractivity contribution >= 4 is 33.2 Å². The van der Waals surface area contributed by atoms with Crippen molar-refractivity contribution < 1.29 is 23.7 Å². The molecular formula is C19H23BrO5S. The highest BCUT2D eigenvalue weighted by Gasteiger charge is 2.20. The fourth-order valence-corrected chi connectivity index (χ4v) is 3.94. The van der Waals surface area contributed by atoms with Crippen LogP contribution in [0.25, 0.3) is 0 Å². The van der Waals surface area contributed by atoms with Crippen molar-refractivity contribution in [2.75, 3.05) is 20.3 Å². The molecule has 0 spiro atoms. The molecule has 7 heteroatoms. The maximum absolute atomic E-state index is 11.9. The zero-order valence-corrected chi connectivity index (χ0v) is 17.5. The Kier molecular flexibility index (Phi) is 8.41. The van der Waals surface area contributed by atoms with Crippen LogP contribution in [-0.2, 0) is 27.3 Å². The fourth-order valence-electron chi connectivity index (χ4n) is 2.39. The summed E-state index contributed by atoms with van der Waals surface area (Å²) in [6, 6.07) is 9.57. The molecule has 0 fully saturated rings. The molecule has 0 unspecified atom stereocenters. The van der Waals surface area contributed by atoms with E-state index in [9.17, 15) is 4.79 Å². The van der Waals surface area contributed by atoms with Crippen LogP contribution in [0, 0.1) is 0 Å². The number of hydrogen-bond donors (Lipinski definition) is 0. The van der Waals surface area contributed by atoms with Gasteiger partial charge >= 0.3 is 5.97 Å². The highest BCUT2D eigenvalue weighted by atomic mass is 79.9. The molecule has 26 heavy (non-hydrogen) atoms. The molecule has 1 atom stereocenters. The SMILES string of the molecule is CCOC(=O)[C@H](Cc1ccc(OCc2sc(Br)cc2OC)cc1)OCC. The summed E-state index contributed by atoms with van der Waals surface area (Å²) in [7, 11) is 1.64. The Hall–Kier alpha value is -1.57. The highest BCUT2D eigenvalue weighted by Crippen LogP contribution is 2.33. The van der Waals surface area contributed by atoms with Crippen LogP contribution in [0.3, 0.4) is 0 Å². The van der Waals surface area contributed by atoms with E-state index in [2.05, 4.69) is 15.9 Å². The fraction of sp³-hybridized carbons (Fsp3) is 0.421. The van der Waals surface area contributed by atoms with Gasteiger partial charge in [0.15, 0.2) is 6.10 Å². The summed E-state index contributed by atoms with van der Waals surface area (Å²) < 4.78 is 22.7. The number of esters is 1. The molecule has 0 saturated heterocycles. The van der Waals surface area contributed by atoms with E-state index in [4.69, 9.17) is 18.9 Å². The van der Waals surface area contributed by atoms with Gasteiger partial charge in [-0.15, -0.1) is 11.3 Å². The Morgan fingerprint density at radius 2 is 1.92 bits per heavy atom. The molecule has 0 saturated carbocycles. The molecule has 0 radical (unpaired) electrons. The average Bonchev–Trinajstić information content (AvgIpc) is 3.00. The summed E-state index contributed by atoms with van der Waals surface area (Å²) in [6.07, 6.45) is -0.113. The number of halogens is 1. The Bertz CT molecular complexity index is 698. The first-order valence-electron chi connectivity index (χ1n) is 8.39. The quantitative estimate of drug-likeness (QED) is 0.502. The molecule has 2 rings (SSSR count). The lowest BCUT2D eigenvalue weighted by Gasteiger charge is -2.15. The van der Waals surface area contributed by atoms with Crippen molar-refractivity contribution in [2.45, 2.75) is 33.0 Å². The monoisotopic (exact) mass is 442 g/mol. The van der Waals surface area contributed by atoms with Gasteiger partial charge in [0.1, 0.15) is 18.1 Å². The molecule has 1 aromatic carbocycles. The summed E-state index contributed by atoms with van der Waals surface area (Å²) in [6.45, 7) is 4.89. The van der Waals surface area contributed by atoms with Crippen LogP contribution in [-0.4, -0.2) is 32.4 Å². The lowest BCUT2D eigenvalue weighted by Crippen LogP contribution is -2.28. The molecular weight excluding hydrogens is 420 g/mol. The van der Waals surface area contributed by atoms with Crippen molar-refractivity contribution in [1.82, 2.24) is 0 Å². The van der Waals surface area contributed by atoms with Crippen LogP contribution in [0.1, 0.15) is 24.3 Å². The zero-order chi connectivity index (χ0) is 18.9. The van der Waals surface area contributed by atoms with E-state index in [1.54, 1.807) is 25.4 Å². The van der Waals surface area contributed by atoms with Crippen LogP contribution < -0.4 is 9.47 Å². The molecule has 0 aliphatic carbocycles. The molecule has 1 aromatic heterocycles. The number of benzene rings is 1. The summed E-state index contributed by atoms with van der Waals surface area (Å²) in [5.74, 6) is 1.24. The van der Waals surface area contributed by atoms with Gasteiger partial charge in [0.05, 0.1) is 22.4 Å². The average molecular weight is 443 g/mol. The van der Waals surface area contributed by atoms with Gasteiger partial charge < -0.3 is 18.9 Å². The van der Waals surface area contributed by atoms with E-state index in [1.165, 1.54) is 0 Å². The van der Waals surface area contributed by atoms with Crippen LogP contribution >= 0.6 is 27.3 Å². The minimum Gasteiger partial charge on any atom is -0.495 e. The van der Waals surface area contributed by atoms with Crippen molar-refractivity contribution in [3.8, 4) is 11.5 Å². The first-order chi connectivity index (χ1) is 12.6. The molecule has 0 N–H and O–H groups in total. The van der Waals surface area contributed by atoms with E-state index in [0.717, 1.165) is 25.7 Å². The predicted octanol–water partition coefficient (Wildman–Crippen LogP) is 4.61. The number of hydrogen-bond acceptors (Lipinski definition) is 6. The van der Waals surface area contributed by atoms with E-state index in [-0.39, 0.29) is 5.97 Å². The highest BCUT2D eigenvalue weighted by molar-refractivity contribution is 9.11. The van der Waals surface area contributed by atoms with Crippen LogP contribution in [0.5, 0.6) is 11.5 Å². The topological polar surface area (TPSA) is 54.0 Å². The Labute approximate surface area is 166 Å². The number of ether oxygens (including phenoxy) is 4. The first kappa shape index (κ1) is 20.7. The maximum Gasteiger partial charge on any atom is 0.335 e. The van der Waals surface area contributed by atoms with Gasteiger partial charge in [0.2, 0.25) is 0 Å². The number of carbonyl (C=O) groups is 1. The minimum absolute atomic E-state index is 0.329. The second kappa shape index (κ2) is 10.5. The number of methoxy groups -OCH3 is 1. The minimum atomic E-state index is -0.584. The largest absolute Gasteiger partial charge is 0.495 e. The van der Waals surface area contributed by atoms with Gasteiger partial charge in [-0.05, 0) is 47.5 Å². The van der Waals surface area contributed by atoms with E-state index in [1.807, 2.05) is 37.3 Å². The third-order valence-electron chi connectivity index (χ3n) is 3.59. The van der Waals surface area contributed by atoms with E-state index in [0.29, 0.717) is 26.2 Å². The zero-order valence-electron chi connectivity index (χ0n) is 15.1. The van der Waals surface area contributed by atoms with Crippen molar-refractivity contribution in [3.63, 3.8) is 0 Å². The smallest absolute Gasteiger partial charge is 0.335 e. The lowest BCUT2D eigenvalue weighted by molar-refractivity contribution is -0.156. The summed E-state index contributed by atoms with van der Waals surface area (Å²) in [4.78, 5) is 13.0. The maximum atomic E-state index is 11.9. The Morgan fingerprint density at radius 3 is 2.54 bits per heavy atom. The van der Waals surface area contributed by atoms with Gasteiger partial charge in [-0.3, -0.25) is 0 Å². The molecule has 5 nitrogen and oxygen atoms in total. The second-order valence-electron chi connectivity index (χ2n) is 5.37.